The average Bonchev–Trinajstić information content (AvgIpc) is 2.86. The molecular formula is C23H38O6PSi2+. The van der Waals surface area contributed by atoms with Crippen molar-refractivity contribution >= 4 is 35.5 Å². The van der Waals surface area contributed by atoms with Gasteiger partial charge < -0.3 is 26.6 Å². The zero-order valence-electron chi connectivity index (χ0n) is 20.6. The van der Waals surface area contributed by atoms with Crippen molar-refractivity contribution in [3.63, 3.8) is 0 Å². The van der Waals surface area contributed by atoms with E-state index < -0.39 is 29.3 Å². The van der Waals surface area contributed by atoms with E-state index in [1.54, 1.807) is 42.7 Å². The Hall–Kier alpha value is -0.936. The minimum atomic E-state index is -3.47. The molecule has 9 heteroatoms. The van der Waals surface area contributed by atoms with Gasteiger partial charge in [-0.25, -0.2) is 0 Å². The zero-order valence-corrected chi connectivity index (χ0v) is 23.5. The van der Waals surface area contributed by atoms with Crippen LogP contribution in [0.3, 0.4) is 0 Å². The van der Waals surface area contributed by atoms with E-state index in [1.807, 2.05) is 12.1 Å². The van der Waals surface area contributed by atoms with Crippen LogP contribution in [0.25, 0.3) is 0 Å². The monoisotopic (exact) mass is 497 g/mol. The molecule has 178 valence electrons. The van der Waals surface area contributed by atoms with Crippen molar-refractivity contribution < 1.29 is 26.6 Å². The summed E-state index contributed by atoms with van der Waals surface area (Å²) in [6.07, 6.45) is 1.82. The average molecular weight is 498 g/mol. The molecule has 0 N–H and O–H groups in total. The van der Waals surface area contributed by atoms with Crippen LogP contribution in [0.5, 0.6) is 0 Å². The lowest BCUT2D eigenvalue weighted by Gasteiger charge is -2.52. The summed E-state index contributed by atoms with van der Waals surface area (Å²) in [5.74, 6) is 0. The predicted octanol–water partition coefficient (Wildman–Crippen LogP) is 3.66. The van der Waals surface area contributed by atoms with Gasteiger partial charge in [0.05, 0.1) is 24.0 Å². The maximum Gasteiger partial charge on any atom is 0.551 e. The first-order valence-corrected chi connectivity index (χ1v) is 16.1. The van der Waals surface area contributed by atoms with Gasteiger partial charge in [0.15, 0.2) is 0 Å². The molecule has 2 aromatic rings. The van der Waals surface area contributed by atoms with Crippen molar-refractivity contribution in [1.82, 2.24) is 0 Å². The molecule has 0 unspecified atom stereocenters. The fraction of sp³-hybridized carbons (Fsp3) is 0.478. The lowest BCUT2D eigenvalue weighted by Crippen LogP contribution is -2.79. The first-order valence-electron chi connectivity index (χ1n) is 10.7. The first-order chi connectivity index (χ1) is 15.4. The quantitative estimate of drug-likeness (QED) is 0.311. The maximum atomic E-state index is 6.23. The lowest BCUT2D eigenvalue weighted by atomic mass is 10.4. The lowest BCUT2D eigenvalue weighted by molar-refractivity contribution is 0.0768. The Balaban J connectivity index is 3.19. The van der Waals surface area contributed by atoms with Crippen LogP contribution in [0, 0.1) is 0 Å². The molecule has 0 saturated carbocycles. The highest BCUT2D eigenvalue weighted by molar-refractivity contribution is 7.94. The third kappa shape index (κ3) is 3.96. The van der Waals surface area contributed by atoms with E-state index in [0.29, 0.717) is 0 Å². The number of hydrogen-bond acceptors (Lipinski definition) is 6. The molecule has 0 spiro atoms. The Morgan fingerprint density at radius 2 is 0.938 bits per heavy atom. The highest BCUT2D eigenvalue weighted by atomic mass is 31.2. The summed E-state index contributed by atoms with van der Waals surface area (Å²) in [6.45, 7) is 4.34. The van der Waals surface area contributed by atoms with Gasteiger partial charge in [0.25, 0.3) is 0 Å². The molecule has 0 radical (unpaired) electrons. The van der Waals surface area contributed by atoms with Crippen molar-refractivity contribution in [2.75, 3.05) is 48.8 Å². The molecule has 0 fully saturated rings. The highest BCUT2D eigenvalue weighted by Gasteiger charge is 2.86. The molecule has 0 atom stereocenters. The minimum absolute atomic E-state index is 0.845. The molecular weight excluding hydrogens is 459 g/mol. The Kier molecular flexibility index (Phi) is 9.78. The number of benzene rings is 2. The second-order valence-corrected chi connectivity index (χ2v) is 19.6. The van der Waals surface area contributed by atoms with Gasteiger partial charge in [-0.05, 0) is 37.6 Å². The molecule has 6 nitrogen and oxygen atoms in total. The predicted molar refractivity (Wildman–Crippen MR) is 136 cm³/mol. The molecule has 32 heavy (non-hydrogen) atoms. The number of rotatable bonds is 13. The molecule has 0 saturated heterocycles. The Labute approximate surface area is 196 Å². The second kappa shape index (κ2) is 11.5. The molecule has 2 rings (SSSR count). The van der Waals surface area contributed by atoms with Crippen LogP contribution in [0.1, 0.15) is 20.3 Å². The van der Waals surface area contributed by atoms with Gasteiger partial charge in [-0.15, -0.1) is 0 Å². The van der Waals surface area contributed by atoms with E-state index >= 15 is 0 Å². The third-order valence-corrected chi connectivity index (χ3v) is 22.9. The van der Waals surface area contributed by atoms with Crippen LogP contribution >= 0.6 is 7.26 Å². The van der Waals surface area contributed by atoms with Crippen molar-refractivity contribution in [2.45, 2.75) is 24.7 Å². The van der Waals surface area contributed by atoms with Crippen LogP contribution in [-0.2, 0) is 26.6 Å². The summed E-state index contributed by atoms with van der Waals surface area (Å²) in [7, 11) is 0.548. The van der Waals surface area contributed by atoms with E-state index in [9.17, 15) is 0 Å². The van der Waals surface area contributed by atoms with Gasteiger partial charge in [0.1, 0.15) is 0 Å². The first kappa shape index (κ1) is 27.3. The molecule has 0 aliphatic heterocycles. The van der Waals surface area contributed by atoms with E-state index in [1.165, 1.54) is 10.6 Å². The Morgan fingerprint density at radius 1 is 0.625 bits per heavy atom. The van der Waals surface area contributed by atoms with Gasteiger partial charge in [0.2, 0.25) is 4.40 Å². The molecule has 0 bridgehead atoms. The van der Waals surface area contributed by atoms with Crippen LogP contribution in [0.15, 0.2) is 60.7 Å². The maximum absolute atomic E-state index is 6.23. The largest absolute Gasteiger partial charge is 0.551 e. The van der Waals surface area contributed by atoms with E-state index in [0.717, 1.165) is 12.6 Å². The van der Waals surface area contributed by atoms with Crippen molar-refractivity contribution in [3.8, 4) is 0 Å². The van der Waals surface area contributed by atoms with Gasteiger partial charge in [-0.1, -0.05) is 43.3 Å². The van der Waals surface area contributed by atoms with Gasteiger partial charge in [0, 0.05) is 42.7 Å². The fourth-order valence-electron chi connectivity index (χ4n) is 5.20. The van der Waals surface area contributed by atoms with E-state index in [-0.39, 0.29) is 0 Å². The molecule has 0 aromatic heterocycles. The summed E-state index contributed by atoms with van der Waals surface area (Å²) >= 11 is 0. The summed E-state index contributed by atoms with van der Waals surface area (Å²) in [5.41, 5.74) is 0. The number of hydrogen-bond donors (Lipinski definition) is 0. The van der Waals surface area contributed by atoms with Crippen LogP contribution in [0.4, 0.5) is 0 Å². The molecule has 0 heterocycles. The molecule has 0 aliphatic rings. The van der Waals surface area contributed by atoms with Crippen molar-refractivity contribution in [1.29, 1.82) is 0 Å². The summed E-state index contributed by atoms with van der Waals surface area (Å²) in [6, 6.07) is 21.1. The molecule has 0 amide bonds. The topological polar surface area (TPSA) is 55.4 Å². The normalized spacial score (nSPS) is 13.4. The Morgan fingerprint density at radius 3 is 1.19 bits per heavy atom. The van der Waals surface area contributed by atoms with Crippen LogP contribution in [-0.4, -0.2) is 70.8 Å². The molecule has 0 aliphatic carbocycles. The minimum Gasteiger partial charge on any atom is -0.374 e. The van der Waals surface area contributed by atoms with Crippen LogP contribution < -0.4 is 10.6 Å². The van der Waals surface area contributed by atoms with Crippen molar-refractivity contribution in [2.24, 2.45) is 0 Å². The highest BCUT2D eigenvalue weighted by Crippen LogP contribution is 2.72. The Bertz CT molecular complexity index is 740. The fourth-order valence-corrected chi connectivity index (χ4v) is 23.8. The van der Waals surface area contributed by atoms with E-state index in [2.05, 4.69) is 62.4 Å². The van der Waals surface area contributed by atoms with E-state index in [4.69, 9.17) is 26.6 Å². The van der Waals surface area contributed by atoms with Gasteiger partial charge >= 0.3 is 17.6 Å². The van der Waals surface area contributed by atoms with Gasteiger partial charge in [-0.3, -0.25) is 0 Å². The van der Waals surface area contributed by atoms with Crippen molar-refractivity contribution in [3.05, 3.63) is 60.7 Å². The smallest absolute Gasteiger partial charge is 0.374 e. The third-order valence-electron chi connectivity index (χ3n) is 6.52. The standard InChI is InChI=1S/C23H38O6PSi2/c1-9-20-30(21-16-12-10-13-17-21,22-18-14-11-15-19-22)23(2,31(24-3,25-4)26-5)32(27-6,28-7)29-8/h10-19H,9,20H2,1-8H3/q+1. The summed E-state index contributed by atoms with van der Waals surface area (Å²) in [4.78, 5) is 0. The second-order valence-electron chi connectivity index (χ2n) is 7.61. The molecule has 2 aromatic carbocycles. The summed E-state index contributed by atoms with van der Waals surface area (Å²) in [5, 5.41) is 2.42. The zero-order chi connectivity index (χ0) is 23.9. The SMILES string of the molecule is CCC[P+](c1ccccc1)(c1ccccc1)C(C)([Si](OC)(OC)OC)[Si](OC)(OC)OC. The summed E-state index contributed by atoms with van der Waals surface area (Å²) < 4.78 is 36.5. The van der Waals surface area contributed by atoms with Gasteiger partial charge in [-0.2, -0.15) is 0 Å². The van der Waals surface area contributed by atoms with Crippen LogP contribution in [0.2, 0.25) is 0 Å².